The minimum absolute atomic E-state index is 0.0608. The lowest BCUT2D eigenvalue weighted by Crippen LogP contribution is -2.38. The summed E-state index contributed by atoms with van der Waals surface area (Å²) in [6.07, 6.45) is 5.42. The van der Waals surface area contributed by atoms with Crippen molar-refractivity contribution in [3.8, 4) is 0 Å². The molecule has 7 nitrogen and oxygen atoms in total. The highest BCUT2D eigenvalue weighted by molar-refractivity contribution is 7.78. The van der Waals surface area contributed by atoms with E-state index < -0.39 is 5.91 Å². The standard InChI is InChI=1S/C14H20N4O3S/c1-9(19)12-7-11(14(21)17-22)16-18(12)8-13(20)15-10-5-3-2-4-6-10/h7,10,22H,2-6,8H2,1H3,(H,15,20)(H,17,21). The maximum atomic E-state index is 12.1. The van der Waals surface area contributed by atoms with Crippen LogP contribution in [-0.2, 0) is 11.3 Å². The highest BCUT2D eigenvalue weighted by atomic mass is 32.1. The van der Waals surface area contributed by atoms with Gasteiger partial charge in [-0.25, -0.2) is 0 Å². The second-order valence-corrected chi connectivity index (χ2v) is 5.70. The summed E-state index contributed by atoms with van der Waals surface area (Å²) in [5.41, 5.74) is 0.288. The first kappa shape index (κ1) is 16.5. The molecule has 2 N–H and O–H groups in total. The van der Waals surface area contributed by atoms with Gasteiger partial charge in [-0.05, 0) is 12.8 Å². The van der Waals surface area contributed by atoms with Gasteiger partial charge in [-0.2, -0.15) is 5.10 Å². The number of hydrogen-bond acceptors (Lipinski definition) is 5. The van der Waals surface area contributed by atoms with Crippen LogP contribution in [0, 0.1) is 0 Å². The predicted octanol–water partition coefficient (Wildman–Crippen LogP) is 1.11. The molecule has 0 atom stereocenters. The number of carbonyl (C=O) groups excluding carboxylic acids is 3. The van der Waals surface area contributed by atoms with Crippen LogP contribution in [0.25, 0.3) is 0 Å². The second-order valence-electron chi connectivity index (χ2n) is 5.47. The monoisotopic (exact) mass is 324 g/mol. The molecule has 0 aliphatic heterocycles. The summed E-state index contributed by atoms with van der Waals surface area (Å²) in [6, 6.07) is 1.56. The number of amides is 2. The number of nitrogens with one attached hydrogen (secondary N) is 2. The van der Waals surface area contributed by atoms with E-state index in [4.69, 9.17) is 0 Å². The lowest BCUT2D eigenvalue weighted by Gasteiger charge is -2.22. The largest absolute Gasteiger partial charge is 0.352 e. The molecule has 2 rings (SSSR count). The third-order valence-electron chi connectivity index (χ3n) is 3.74. The van der Waals surface area contributed by atoms with Gasteiger partial charge in [0, 0.05) is 19.0 Å². The summed E-state index contributed by atoms with van der Waals surface area (Å²) < 4.78 is 3.41. The van der Waals surface area contributed by atoms with Gasteiger partial charge < -0.3 is 5.32 Å². The molecule has 0 bridgehead atoms. The fourth-order valence-electron chi connectivity index (χ4n) is 2.65. The molecule has 0 saturated heterocycles. The Morgan fingerprint density at radius 3 is 2.59 bits per heavy atom. The normalized spacial score (nSPS) is 15.4. The number of carbonyl (C=O) groups is 3. The van der Waals surface area contributed by atoms with Gasteiger partial charge in [0.1, 0.15) is 12.2 Å². The molecule has 1 heterocycles. The topological polar surface area (TPSA) is 93.1 Å². The maximum Gasteiger partial charge on any atom is 0.281 e. The molecule has 0 radical (unpaired) electrons. The smallest absolute Gasteiger partial charge is 0.281 e. The summed E-state index contributed by atoms with van der Waals surface area (Å²) in [5.74, 6) is -0.969. The fraction of sp³-hybridized carbons (Fsp3) is 0.571. The molecular weight excluding hydrogens is 304 g/mol. The minimum Gasteiger partial charge on any atom is -0.352 e. The van der Waals surface area contributed by atoms with E-state index in [1.165, 1.54) is 24.1 Å². The fourth-order valence-corrected chi connectivity index (χ4v) is 2.76. The van der Waals surface area contributed by atoms with Gasteiger partial charge in [-0.1, -0.05) is 32.1 Å². The van der Waals surface area contributed by atoms with E-state index in [0.717, 1.165) is 25.7 Å². The van der Waals surface area contributed by atoms with E-state index in [1.54, 1.807) is 0 Å². The zero-order chi connectivity index (χ0) is 16.1. The van der Waals surface area contributed by atoms with E-state index in [0.29, 0.717) is 0 Å². The molecule has 0 spiro atoms. The quantitative estimate of drug-likeness (QED) is 0.559. The Morgan fingerprint density at radius 2 is 2.00 bits per heavy atom. The first-order valence-electron chi connectivity index (χ1n) is 7.34. The van der Waals surface area contributed by atoms with E-state index >= 15 is 0 Å². The van der Waals surface area contributed by atoms with Gasteiger partial charge in [0.05, 0.1) is 0 Å². The van der Waals surface area contributed by atoms with Crippen molar-refractivity contribution in [1.82, 2.24) is 19.8 Å². The van der Waals surface area contributed by atoms with Gasteiger partial charge in [0.25, 0.3) is 5.91 Å². The van der Waals surface area contributed by atoms with Crippen LogP contribution in [0.2, 0.25) is 0 Å². The van der Waals surface area contributed by atoms with Gasteiger partial charge in [0.15, 0.2) is 11.5 Å². The van der Waals surface area contributed by atoms with Crippen LogP contribution in [0.15, 0.2) is 6.07 Å². The second kappa shape index (κ2) is 7.44. The van der Waals surface area contributed by atoms with Crippen molar-refractivity contribution in [2.75, 3.05) is 0 Å². The van der Waals surface area contributed by atoms with Crippen molar-refractivity contribution in [2.45, 2.75) is 51.6 Å². The van der Waals surface area contributed by atoms with Crippen LogP contribution in [0.1, 0.15) is 60.0 Å². The number of thiol groups is 1. The zero-order valence-electron chi connectivity index (χ0n) is 12.5. The lowest BCUT2D eigenvalue weighted by molar-refractivity contribution is -0.122. The van der Waals surface area contributed by atoms with Crippen molar-refractivity contribution < 1.29 is 14.4 Å². The average Bonchev–Trinajstić information content (AvgIpc) is 2.91. The molecule has 1 aromatic heterocycles. The Labute approximate surface area is 134 Å². The van der Waals surface area contributed by atoms with Gasteiger partial charge in [-0.3, -0.25) is 23.8 Å². The molecule has 0 aromatic carbocycles. The number of aromatic nitrogens is 2. The highest BCUT2D eigenvalue weighted by Crippen LogP contribution is 2.17. The van der Waals surface area contributed by atoms with Crippen LogP contribution in [0.3, 0.4) is 0 Å². The zero-order valence-corrected chi connectivity index (χ0v) is 13.4. The summed E-state index contributed by atoms with van der Waals surface area (Å²) in [7, 11) is 0. The molecule has 1 aliphatic carbocycles. The molecular formula is C14H20N4O3S. The predicted molar refractivity (Wildman–Crippen MR) is 83.7 cm³/mol. The Balaban J connectivity index is 2.06. The van der Waals surface area contributed by atoms with Crippen molar-refractivity contribution in [3.63, 3.8) is 0 Å². The lowest BCUT2D eigenvalue weighted by atomic mass is 9.95. The molecule has 1 fully saturated rings. The number of ketones is 1. The van der Waals surface area contributed by atoms with Crippen LogP contribution in [0.4, 0.5) is 0 Å². The number of hydrogen-bond donors (Lipinski definition) is 3. The van der Waals surface area contributed by atoms with Crippen molar-refractivity contribution in [2.24, 2.45) is 0 Å². The molecule has 8 heteroatoms. The summed E-state index contributed by atoms with van der Waals surface area (Å²) in [6.45, 7) is 1.29. The summed E-state index contributed by atoms with van der Waals surface area (Å²) in [4.78, 5) is 35.3. The number of rotatable bonds is 5. The Morgan fingerprint density at radius 1 is 1.32 bits per heavy atom. The van der Waals surface area contributed by atoms with Crippen molar-refractivity contribution in [1.29, 1.82) is 0 Å². The maximum absolute atomic E-state index is 12.1. The SMILES string of the molecule is CC(=O)c1cc(C(=O)NS)nn1CC(=O)NC1CCCCC1. The third kappa shape index (κ3) is 4.09. The van der Waals surface area contributed by atoms with Crippen LogP contribution >= 0.6 is 12.8 Å². The van der Waals surface area contributed by atoms with Crippen molar-refractivity contribution >= 4 is 30.4 Å². The van der Waals surface area contributed by atoms with Crippen LogP contribution in [0.5, 0.6) is 0 Å². The first-order valence-corrected chi connectivity index (χ1v) is 7.78. The molecule has 1 aromatic rings. The van der Waals surface area contributed by atoms with E-state index in [-0.39, 0.29) is 35.7 Å². The Hall–Kier alpha value is -1.83. The third-order valence-corrected chi connectivity index (χ3v) is 3.94. The number of Topliss-reactive ketones (excluding diaryl/α,β-unsaturated/α-hetero) is 1. The van der Waals surface area contributed by atoms with Crippen LogP contribution in [-0.4, -0.2) is 33.4 Å². The number of nitrogens with zero attached hydrogens (tertiary/aromatic N) is 2. The molecule has 2 amide bonds. The molecule has 1 saturated carbocycles. The highest BCUT2D eigenvalue weighted by Gasteiger charge is 2.20. The van der Waals surface area contributed by atoms with E-state index in [9.17, 15) is 14.4 Å². The average molecular weight is 324 g/mol. The molecule has 1 aliphatic rings. The van der Waals surface area contributed by atoms with Crippen molar-refractivity contribution in [3.05, 3.63) is 17.5 Å². The summed E-state index contributed by atoms with van der Waals surface area (Å²) >= 11 is 3.67. The molecule has 22 heavy (non-hydrogen) atoms. The first-order chi connectivity index (χ1) is 10.5. The molecule has 120 valence electrons. The Bertz CT molecular complexity index is 579. The van der Waals surface area contributed by atoms with E-state index in [1.807, 2.05) is 0 Å². The van der Waals surface area contributed by atoms with Gasteiger partial charge >= 0.3 is 0 Å². The van der Waals surface area contributed by atoms with E-state index in [2.05, 4.69) is 28.0 Å². The minimum atomic E-state index is -0.516. The van der Waals surface area contributed by atoms with Gasteiger partial charge in [0.2, 0.25) is 5.91 Å². The summed E-state index contributed by atoms with van der Waals surface area (Å²) in [5, 5.41) is 6.97. The Kier molecular flexibility index (Phi) is 5.59. The molecule has 0 unspecified atom stereocenters. The van der Waals surface area contributed by atoms with Gasteiger partial charge in [-0.15, -0.1) is 0 Å². The van der Waals surface area contributed by atoms with Crippen LogP contribution < -0.4 is 10.0 Å².